The Bertz CT molecular complexity index is 743. The molecule has 21 heavy (non-hydrogen) atoms. The van der Waals surface area contributed by atoms with Crippen LogP contribution in [0.25, 0.3) is 10.9 Å². The molecule has 2 bridgehead atoms. The number of benzene rings is 1. The summed E-state index contributed by atoms with van der Waals surface area (Å²) in [6.07, 6.45) is 3.36. The number of fused-ring (bicyclic) bond motifs is 3. The van der Waals surface area contributed by atoms with E-state index >= 15 is 0 Å². The number of piperidine rings is 1. The first-order valence-electron chi connectivity index (χ1n) is 7.38. The molecule has 2 aromatic rings. The molecule has 0 spiro atoms. The van der Waals surface area contributed by atoms with Crippen LogP contribution in [-0.2, 0) is 0 Å². The Labute approximate surface area is 121 Å². The molecule has 6 heteroatoms. The minimum Gasteiger partial charge on any atom is -0.399 e. The fraction of sp³-hybridized carbons (Fsp3) is 0.467. The van der Waals surface area contributed by atoms with Crippen molar-refractivity contribution < 1.29 is 5.11 Å². The van der Waals surface area contributed by atoms with Crippen molar-refractivity contribution in [3.8, 4) is 0 Å². The topological polar surface area (TPSA) is 95.2 Å². The zero-order valence-electron chi connectivity index (χ0n) is 11.6. The molecule has 2 unspecified atom stereocenters. The second-order valence-electron chi connectivity index (χ2n) is 6.08. The maximum absolute atomic E-state index is 12.3. The van der Waals surface area contributed by atoms with Crippen molar-refractivity contribution in [1.29, 1.82) is 0 Å². The number of hydrogen-bond acceptors (Lipinski definition) is 5. The quantitative estimate of drug-likeness (QED) is 0.680. The molecule has 0 amide bonds. The molecule has 2 atom stereocenters. The van der Waals surface area contributed by atoms with Crippen LogP contribution in [0.5, 0.6) is 0 Å². The first-order chi connectivity index (χ1) is 10.1. The number of nitrogen functional groups attached to an aromatic ring is 1. The van der Waals surface area contributed by atoms with Crippen molar-refractivity contribution in [2.45, 2.75) is 43.9 Å². The Morgan fingerprint density at radius 1 is 1.29 bits per heavy atom. The largest absolute Gasteiger partial charge is 0.399 e. The fourth-order valence-electron chi connectivity index (χ4n) is 3.76. The molecule has 4 N–H and O–H groups in total. The van der Waals surface area contributed by atoms with Crippen molar-refractivity contribution in [2.75, 3.05) is 10.6 Å². The summed E-state index contributed by atoms with van der Waals surface area (Å²) in [6.45, 7) is 0. The highest BCUT2D eigenvalue weighted by atomic mass is 16.3. The van der Waals surface area contributed by atoms with Gasteiger partial charge in [-0.05, 0) is 43.9 Å². The Balaban J connectivity index is 1.81. The number of aliphatic hydroxyl groups excluding tert-OH is 1. The molecule has 110 valence electrons. The lowest BCUT2D eigenvalue weighted by Gasteiger charge is -2.37. The van der Waals surface area contributed by atoms with Crippen LogP contribution in [-0.4, -0.2) is 33.3 Å². The molecule has 3 heterocycles. The second-order valence-corrected chi connectivity index (χ2v) is 6.08. The van der Waals surface area contributed by atoms with Crippen LogP contribution in [0, 0.1) is 0 Å². The highest BCUT2D eigenvalue weighted by Crippen LogP contribution is 2.37. The summed E-state index contributed by atoms with van der Waals surface area (Å²) in [4.78, 5) is 21.9. The molecular formula is C15H18N4O2. The molecule has 0 aliphatic carbocycles. The number of hydrogen-bond donors (Lipinski definition) is 3. The SMILES string of the molecule is Nc1ccc2nc(N3C4CCC3CC(O)C4)[nH]c(=O)c2c1. The minimum absolute atomic E-state index is 0.159. The van der Waals surface area contributed by atoms with Crippen LogP contribution >= 0.6 is 0 Å². The Kier molecular flexibility index (Phi) is 2.68. The Morgan fingerprint density at radius 2 is 2.00 bits per heavy atom. The highest BCUT2D eigenvalue weighted by Gasteiger charge is 2.41. The molecule has 6 nitrogen and oxygen atoms in total. The number of nitrogens with two attached hydrogens (primary N) is 1. The van der Waals surface area contributed by atoms with Crippen LogP contribution in [0.15, 0.2) is 23.0 Å². The van der Waals surface area contributed by atoms with E-state index in [1.807, 2.05) is 0 Å². The lowest BCUT2D eigenvalue weighted by Crippen LogP contribution is -2.46. The monoisotopic (exact) mass is 286 g/mol. The van der Waals surface area contributed by atoms with Gasteiger partial charge in [0, 0.05) is 17.8 Å². The zero-order valence-corrected chi connectivity index (χ0v) is 11.6. The van der Waals surface area contributed by atoms with Crippen LogP contribution in [0.3, 0.4) is 0 Å². The van der Waals surface area contributed by atoms with E-state index in [1.165, 1.54) is 0 Å². The van der Waals surface area contributed by atoms with E-state index in [2.05, 4.69) is 14.9 Å². The number of aliphatic hydroxyl groups is 1. The van der Waals surface area contributed by atoms with Gasteiger partial charge in [-0.1, -0.05) is 0 Å². The van der Waals surface area contributed by atoms with E-state index in [0.717, 1.165) is 25.7 Å². The van der Waals surface area contributed by atoms with Crippen LogP contribution in [0.2, 0.25) is 0 Å². The maximum atomic E-state index is 12.3. The van der Waals surface area contributed by atoms with Crippen LogP contribution in [0.4, 0.5) is 11.6 Å². The molecule has 4 rings (SSSR count). The van der Waals surface area contributed by atoms with E-state index in [9.17, 15) is 9.90 Å². The molecule has 2 saturated heterocycles. The van der Waals surface area contributed by atoms with Gasteiger partial charge in [0.1, 0.15) is 0 Å². The van der Waals surface area contributed by atoms with Gasteiger partial charge in [-0.3, -0.25) is 9.78 Å². The van der Waals surface area contributed by atoms with Crippen molar-refractivity contribution >= 4 is 22.5 Å². The number of aromatic amines is 1. The zero-order chi connectivity index (χ0) is 14.6. The summed E-state index contributed by atoms with van der Waals surface area (Å²) >= 11 is 0. The lowest BCUT2D eigenvalue weighted by atomic mass is 10.0. The molecule has 0 radical (unpaired) electrons. The van der Waals surface area contributed by atoms with Crippen molar-refractivity contribution in [2.24, 2.45) is 0 Å². The van der Waals surface area contributed by atoms with Crippen LogP contribution in [0.1, 0.15) is 25.7 Å². The number of nitrogens with zero attached hydrogens (tertiary/aromatic N) is 2. The number of anilines is 2. The number of aromatic nitrogens is 2. The summed E-state index contributed by atoms with van der Waals surface area (Å²) < 4.78 is 0. The molecule has 1 aromatic heterocycles. The van der Waals surface area contributed by atoms with Crippen molar-refractivity contribution in [3.63, 3.8) is 0 Å². The molecule has 2 aliphatic heterocycles. The van der Waals surface area contributed by atoms with Crippen molar-refractivity contribution in [1.82, 2.24) is 9.97 Å². The third-order valence-corrected chi connectivity index (χ3v) is 4.67. The third-order valence-electron chi connectivity index (χ3n) is 4.67. The smallest absolute Gasteiger partial charge is 0.260 e. The molecule has 0 saturated carbocycles. The predicted molar refractivity (Wildman–Crippen MR) is 81.3 cm³/mol. The summed E-state index contributed by atoms with van der Waals surface area (Å²) in [6, 6.07) is 5.73. The first-order valence-corrected chi connectivity index (χ1v) is 7.38. The van der Waals surface area contributed by atoms with Gasteiger partial charge in [0.15, 0.2) is 0 Å². The fourth-order valence-corrected chi connectivity index (χ4v) is 3.76. The third kappa shape index (κ3) is 1.98. The summed E-state index contributed by atoms with van der Waals surface area (Å²) in [5, 5.41) is 10.4. The molecule has 2 fully saturated rings. The summed E-state index contributed by atoms with van der Waals surface area (Å²) in [5.74, 6) is 0.622. The molecule has 1 aromatic carbocycles. The average molecular weight is 286 g/mol. The average Bonchev–Trinajstić information content (AvgIpc) is 2.71. The van der Waals surface area contributed by atoms with Gasteiger partial charge in [0.25, 0.3) is 5.56 Å². The van der Waals surface area contributed by atoms with Gasteiger partial charge in [-0.15, -0.1) is 0 Å². The summed E-state index contributed by atoms with van der Waals surface area (Å²) in [7, 11) is 0. The minimum atomic E-state index is -0.231. The summed E-state index contributed by atoms with van der Waals surface area (Å²) in [5.41, 5.74) is 6.78. The van der Waals surface area contributed by atoms with Gasteiger partial charge in [0.05, 0.1) is 17.0 Å². The Hall–Kier alpha value is -2.08. The first kappa shape index (κ1) is 12.6. The van der Waals surface area contributed by atoms with E-state index in [0.29, 0.717) is 22.5 Å². The van der Waals surface area contributed by atoms with E-state index in [-0.39, 0.29) is 23.7 Å². The predicted octanol–water partition coefficient (Wildman–Crippen LogP) is 0.997. The van der Waals surface area contributed by atoms with Gasteiger partial charge in [-0.25, -0.2) is 4.98 Å². The maximum Gasteiger partial charge on any atom is 0.260 e. The van der Waals surface area contributed by atoms with Gasteiger partial charge < -0.3 is 15.7 Å². The van der Waals surface area contributed by atoms with E-state index in [4.69, 9.17) is 5.73 Å². The Morgan fingerprint density at radius 3 is 2.71 bits per heavy atom. The molecular weight excluding hydrogens is 268 g/mol. The highest BCUT2D eigenvalue weighted by molar-refractivity contribution is 5.81. The van der Waals surface area contributed by atoms with E-state index in [1.54, 1.807) is 18.2 Å². The standard InChI is InChI=1S/C15H18N4O2/c16-8-1-4-13-12(5-8)14(21)18-15(17-13)19-9-2-3-10(19)7-11(20)6-9/h1,4-5,9-11,20H,2-3,6-7,16H2,(H,17,18,21). The van der Waals surface area contributed by atoms with Gasteiger partial charge >= 0.3 is 0 Å². The molecule has 2 aliphatic rings. The normalized spacial score (nSPS) is 28.2. The number of rotatable bonds is 1. The van der Waals surface area contributed by atoms with Gasteiger partial charge in [-0.2, -0.15) is 0 Å². The number of H-pyrrole nitrogens is 1. The lowest BCUT2D eigenvalue weighted by molar-refractivity contribution is 0.125. The van der Waals surface area contributed by atoms with Gasteiger partial charge in [0.2, 0.25) is 5.95 Å². The number of nitrogens with one attached hydrogen (secondary N) is 1. The van der Waals surface area contributed by atoms with Crippen LogP contribution < -0.4 is 16.2 Å². The van der Waals surface area contributed by atoms with Crippen molar-refractivity contribution in [3.05, 3.63) is 28.6 Å². The second kappa shape index (κ2) is 4.46. The van der Waals surface area contributed by atoms with E-state index < -0.39 is 0 Å².